The molecule has 1 rings (SSSR count). The summed E-state index contributed by atoms with van der Waals surface area (Å²) >= 11 is 0. The third kappa shape index (κ3) is 2.68. The first kappa shape index (κ1) is 12.0. The number of nitrogens with two attached hydrogens (primary N) is 1. The van der Waals surface area contributed by atoms with Gasteiger partial charge < -0.3 is 10.8 Å². The van der Waals surface area contributed by atoms with E-state index in [-0.39, 0.29) is 17.7 Å². The molecule has 1 fully saturated rings. The van der Waals surface area contributed by atoms with Crippen molar-refractivity contribution in [1.29, 1.82) is 0 Å². The Morgan fingerprint density at radius 2 is 2.07 bits per heavy atom. The summed E-state index contributed by atoms with van der Waals surface area (Å²) in [5.74, 6) is -1.31. The van der Waals surface area contributed by atoms with Crippen LogP contribution in [0.1, 0.15) is 20.3 Å². The Morgan fingerprint density at radius 3 is 2.40 bits per heavy atom. The third-order valence-electron chi connectivity index (χ3n) is 2.90. The molecule has 0 aromatic rings. The molecule has 5 heteroatoms. The van der Waals surface area contributed by atoms with E-state index in [4.69, 9.17) is 10.8 Å². The van der Waals surface area contributed by atoms with Crippen molar-refractivity contribution in [1.82, 2.24) is 4.90 Å². The number of amides is 1. The van der Waals surface area contributed by atoms with Gasteiger partial charge in [-0.15, -0.1) is 0 Å². The molecule has 0 aliphatic carbocycles. The highest BCUT2D eigenvalue weighted by Gasteiger charge is 2.35. The topological polar surface area (TPSA) is 83.6 Å². The van der Waals surface area contributed by atoms with E-state index >= 15 is 0 Å². The van der Waals surface area contributed by atoms with Gasteiger partial charge in [0.2, 0.25) is 5.91 Å². The molecule has 0 aromatic heterocycles. The molecule has 86 valence electrons. The number of nitrogens with zero attached hydrogens (tertiary/aromatic N) is 1. The SMILES string of the molecule is CC(C)C(C(=O)O)N1CCC(C(N)=O)C1. The highest BCUT2D eigenvalue weighted by atomic mass is 16.4. The number of hydrogen-bond acceptors (Lipinski definition) is 3. The van der Waals surface area contributed by atoms with Crippen LogP contribution in [0.5, 0.6) is 0 Å². The molecule has 0 bridgehead atoms. The Kier molecular flexibility index (Phi) is 3.68. The van der Waals surface area contributed by atoms with Gasteiger partial charge >= 0.3 is 5.97 Å². The van der Waals surface area contributed by atoms with Gasteiger partial charge in [-0.05, 0) is 18.9 Å². The maximum absolute atomic E-state index is 11.0. The number of carbonyl (C=O) groups excluding carboxylic acids is 1. The summed E-state index contributed by atoms with van der Waals surface area (Å²) < 4.78 is 0. The van der Waals surface area contributed by atoms with Gasteiger partial charge in [-0.25, -0.2) is 0 Å². The lowest BCUT2D eigenvalue weighted by atomic mass is 10.0. The van der Waals surface area contributed by atoms with Crippen molar-refractivity contribution in [3.8, 4) is 0 Å². The molecule has 5 nitrogen and oxygen atoms in total. The fourth-order valence-electron chi connectivity index (χ4n) is 2.14. The van der Waals surface area contributed by atoms with Crippen LogP contribution >= 0.6 is 0 Å². The summed E-state index contributed by atoms with van der Waals surface area (Å²) in [6.07, 6.45) is 0.672. The first-order valence-corrected chi connectivity index (χ1v) is 5.19. The second-order valence-corrected chi connectivity index (χ2v) is 4.41. The first-order chi connectivity index (χ1) is 6.93. The van der Waals surface area contributed by atoms with Crippen LogP contribution in [0, 0.1) is 11.8 Å². The van der Waals surface area contributed by atoms with Gasteiger partial charge in [0.15, 0.2) is 0 Å². The summed E-state index contributed by atoms with van der Waals surface area (Å²) in [5.41, 5.74) is 5.20. The lowest BCUT2D eigenvalue weighted by molar-refractivity contribution is -0.144. The fourth-order valence-corrected chi connectivity index (χ4v) is 2.14. The van der Waals surface area contributed by atoms with Gasteiger partial charge in [-0.1, -0.05) is 13.8 Å². The van der Waals surface area contributed by atoms with E-state index in [1.165, 1.54) is 0 Å². The zero-order chi connectivity index (χ0) is 11.6. The lowest BCUT2D eigenvalue weighted by Gasteiger charge is -2.26. The Balaban J connectivity index is 2.65. The molecule has 2 atom stereocenters. The second kappa shape index (κ2) is 4.61. The molecule has 1 saturated heterocycles. The maximum atomic E-state index is 11.0. The molecule has 2 unspecified atom stereocenters. The molecule has 0 aromatic carbocycles. The molecular weight excluding hydrogens is 196 g/mol. The van der Waals surface area contributed by atoms with E-state index in [0.717, 1.165) is 0 Å². The van der Waals surface area contributed by atoms with Crippen LogP contribution in [0.15, 0.2) is 0 Å². The second-order valence-electron chi connectivity index (χ2n) is 4.41. The van der Waals surface area contributed by atoms with Crippen molar-refractivity contribution in [3.05, 3.63) is 0 Å². The van der Waals surface area contributed by atoms with Crippen LogP contribution in [-0.2, 0) is 9.59 Å². The molecule has 15 heavy (non-hydrogen) atoms. The summed E-state index contributed by atoms with van der Waals surface area (Å²) in [4.78, 5) is 23.8. The van der Waals surface area contributed by atoms with Gasteiger partial charge in [0.25, 0.3) is 0 Å². The van der Waals surface area contributed by atoms with Crippen LogP contribution in [0.4, 0.5) is 0 Å². The minimum absolute atomic E-state index is 0.0362. The lowest BCUT2D eigenvalue weighted by Crippen LogP contribution is -2.44. The zero-order valence-electron chi connectivity index (χ0n) is 9.14. The summed E-state index contributed by atoms with van der Waals surface area (Å²) in [5, 5.41) is 9.07. The molecular formula is C10H18N2O3. The van der Waals surface area contributed by atoms with E-state index in [9.17, 15) is 9.59 Å². The number of hydrogen-bond donors (Lipinski definition) is 2. The van der Waals surface area contributed by atoms with E-state index in [1.54, 1.807) is 0 Å². The van der Waals surface area contributed by atoms with Gasteiger partial charge in [0.1, 0.15) is 6.04 Å². The molecule has 1 amide bonds. The van der Waals surface area contributed by atoms with Crippen molar-refractivity contribution in [2.45, 2.75) is 26.3 Å². The average Bonchev–Trinajstić information content (AvgIpc) is 2.51. The fraction of sp³-hybridized carbons (Fsp3) is 0.800. The van der Waals surface area contributed by atoms with Crippen LogP contribution < -0.4 is 5.73 Å². The standard InChI is InChI=1S/C10H18N2O3/c1-6(2)8(10(14)15)12-4-3-7(5-12)9(11)13/h6-8H,3-5H2,1-2H3,(H2,11,13)(H,14,15). The van der Waals surface area contributed by atoms with Crippen LogP contribution in [0.2, 0.25) is 0 Å². The molecule has 3 N–H and O–H groups in total. The first-order valence-electron chi connectivity index (χ1n) is 5.19. The minimum Gasteiger partial charge on any atom is -0.480 e. The van der Waals surface area contributed by atoms with Crippen molar-refractivity contribution < 1.29 is 14.7 Å². The number of carboxylic acid groups (broad SMARTS) is 1. The van der Waals surface area contributed by atoms with E-state index < -0.39 is 12.0 Å². The quantitative estimate of drug-likeness (QED) is 0.684. The van der Waals surface area contributed by atoms with Crippen molar-refractivity contribution in [2.24, 2.45) is 17.6 Å². The van der Waals surface area contributed by atoms with Crippen LogP contribution in [0.3, 0.4) is 0 Å². The largest absolute Gasteiger partial charge is 0.480 e. The number of primary amides is 1. The number of rotatable bonds is 4. The normalized spacial score (nSPS) is 24.3. The van der Waals surface area contributed by atoms with Crippen molar-refractivity contribution in [2.75, 3.05) is 13.1 Å². The van der Waals surface area contributed by atoms with Crippen LogP contribution in [-0.4, -0.2) is 41.0 Å². The maximum Gasteiger partial charge on any atom is 0.321 e. The number of likely N-dealkylation sites (tertiary alicyclic amines) is 1. The summed E-state index contributed by atoms with van der Waals surface area (Å²) in [6, 6.07) is -0.505. The molecule has 1 aliphatic rings. The van der Waals surface area contributed by atoms with Crippen molar-refractivity contribution in [3.63, 3.8) is 0 Å². The minimum atomic E-state index is -0.824. The van der Waals surface area contributed by atoms with Gasteiger partial charge in [0.05, 0.1) is 5.92 Å². The highest BCUT2D eigenvalue weighted by Crippen LogP contribution is 2.22. The van der Waals surface area contributed by atoms with Gasteiger partial charge in [0, 0.05) is 6.54 Å². The van der Waals surface area contributed by atoms with E-state index in [2.05, 4.69) is 0 Å². The molecule has 0 radical (unpaired) electrons. The zero-order valence-corrected chi connectivity index (χ0v) is 9.14. The summed E-state index contributed by atoms with van der Waals surface area (Å²) in [6.45, 7) is 4.86. The van der Waals surface area contributed by atoms with Crippen molar-refractivity contribution >= 4 is 11.9 Å². The Bertz CT molecular complexity index is 265. The van der Waals surface area contributed by atoms with Gasteiger partial charge in [-0.2, -0.15) is 0 Å². The van der Waals surface area contributed by atoms with E-state index in [0.29, 0.717) is 19.5 Å². The Hall–Kier alpha value is -1.10. The molecule has 1 heterocycles. The molecule has 0 spiro atoms. The van der Waals surface area contributed by atoms with E-state index in [1.807, 2.05) is 18.7 Å². The monoisotopic (exact) mass is 214 g/mol. The number of aliphatic carboxylic acids is 1. The Labute approximate surface area is 89.2 Å². The average molecular weight is 214 g/mol. The Morgan fingerprint density at radius 1 is 1.47 bits per heavy atom. The van der Waals surface area contributed by atoms with Crippen LogP contribution in [0.25, 0.3) is 0 Å². The smallest absolute Gasteiger partial charge is 0.321 e. The third-order valence-corrected chi connectivity index (χ3v) is 2.90. The highest BCUT2D eigenvalue weighted by molar-refractivity contribution is 5.78. The molecule has 1 aliphatic heterocycles. The van der Waals surface area contributed by atoms with Gasteiger partial charge in [-0.3, -0.25) is 14.5 Å². The number of carbonyl (C=O) groups is 2. The predicted molar refractivity (Wildman–Crippen MR) is 55.1 cm³/mol. The predicted octanol–water partition coefficient (Wildman–Crippen LogP) is -0.0972. The number of carboxylic acids is 1. The molecule has 0 saturated carbocycles. The summed E-state index contributed by atoms with van der Waals surface area (Å²) in [7, 11) is 0.